The normalized spacial score (nSPS) is 16.1. The van der Waals surface area contributed by atoms with Gasteiger partial charge in [0.15, 0.2) is 0 Å². The average molecular weight is 264 g/mol. The minimum absolute atomic E-state index is 0.0551. The van der Waals surface area contributed by atoms with Crippen molar-refractivity contribution in [3.05, 3.63) is 18.2 Å². The largest absolute Gasteiger partial charge is 0.506 e. The van der Waals surface area contributed by atoms with Gasteiger partial charge in [0.1, 0.15) is 11.5 Å². The van der Waals surface area contributed by atoms with Crippen LogP contribution in [-0.4, -0.2) is 31.2 Å². The number of rotatable bonds is 4. The van der Waals surface area contributed by atoms with Gasteiger partial charge in [-0.2, -0.15) is 0 Å². The second-order valence-electron chi connectivity index (χ2n) is 4.83. The number of carbonyl (C=O) groups excluding carboxylic acids is 1. The van der Waals surface area contributed by atoms with Gasteiger partial charge in [-0.1, -0.05) is 0 Å². The number of hydrogen-bond acceptors (Lipinski definition) is 4. The van der Waals surface area contributed by atoms with Gasteiger partial charge in [-0.15, -0.1) is 0 Å². The molecule has 1 aromatic carbocycles. The quantitative estimate of drug-likeness (QED) is 0.724. The zero-order chi connectivity index (χ0) is 13.7. The fourth-order valence-electron chi connectivity index (χ4n) is 2.29. The first-order valence-electron chi connectivity index (χ1n) is 6.56. The zero-order valence-electron chi connectivity index (χ0n) is 11.1. The third-order valence-electron chi connectivity index (χ3n) is 3.41. The number of anilines is 1. The third kappa shape index (κ3) is 3.86. The Morgan fingerprint density at radius 1 is 1.47 bits per heavy atom. The van der Waals surface area contributed by atoms with E-state index in [1.807, 2.05) is 0 Å². The van der Waals surface area contributed by atoms with Crippen LogP contribution >= 0.6 is 0 Å². The first-order chi connectivity index (χ1) is 9.19. The standard InChI is InChI=1S/C14H20N2O3/c1-19-11-2-3-13(17)12(9-11)16-14(18)8-10-4-6-15-7-5-10/h2-3,9-10,15,17H,4-8H2,1H3,(H,16,18). The first-order valence-corrected chi connectivity index (χ1v) is 6.56. The third-order valence-corrected chi connectivity index (χ3v) is 3.41. The van der Waals surface area contributed by atoms with E-state index in [2.05, 4.69) is 10.6 Å². The number of phenolic OH excluding ortho intramolecular Hbond substituents is 1. The van der Waals surface area contributed by atoms with E-state index in [4.69, 9.17) is 4.74 Å². The highest BCUT2D eigenvalue weighted by Gasteiger charge is 2.17. The summed E-state index contributed by atoms with van der Waals surface area (Å²) in [5, 5.41) is 15.7. The number of piperidine rings is 1. The summed E-state index contributed by atoms with van der Waals surface area (Å²) >= 11 is 0. The lowest BCUT2D eigenvalue weighted by Gasteiger charge is -2.22. The highest BCUT2D eigenvalue weighted by atomic mass is 16.5. The molecule has 1 saturated heterocycles. The molecule has 1 fully saturated rings. The Kier molecular flexibility index (Phi) is 4.63. The van der Waals surface area contributed by atoms with Crippen LogP contribution in [0.5, 0.6) is 11.5 Å². The van der Waals surface area contributed by atoms with Gasteiger partial charge < -0.3 is 20.5 Å². The Hall–Kier alpha value is -1.75. The van der Waals surface area contributed by atoms with E-state index < -0.39 is 0 Å². The van der Waals surface area contributed by atoms with E-state index in [0.717, 1.165) is 25.9 Å². The Balaban J connectivity index is 1.94. The predicted octanol–water partition coefficient (Wildman–Crippen LogP) is 1.73. The lowest BCUT2D eigenvalue weighted by molar-refractivity contribution is -0.117. The van der Waals surface area contributed by atoms with Crippen LogP contribution in [0.4, 0.5) is 5.69 Å². The van der Waals surface area contributed by atoms with Crippen molar-refractivity contribution in [1.82, 2.24) is 5.32 Å². The van der Waals surface area contributed by atoms with Gasteiger partial charge in [0.2, 0.25) is 5.91 Å². The van der Waals surface area contributed by atoms with Crippen molar-refractivity contribution in [3.63, 3.8) is 0 Å². The summed E-state index contributed by atoms with van der Waals surface area (Å²) in [5.74, 6) is 1.03. The molecule has 1 aromatic rings. The van der Waals surface area contributed by atoms with E-state index in [0.29, 0.717) is 23.8 Å². The minimum Gasteiger partial charge on any atom is -0.506 e. The molecule has 19 heavy (non-hydrogen) atoms. The molecule has 5 nitrogen and oxygen atoms in total. The summed E-state index contributed by atoms with van der Waals surface area (Å²) in [6, 6.07) is 4.78. The van der Waals surface area contributed by atoms with E-state index >= 15 is 0 Å². The highest BCUT2D eigenvalue weighted by Crippen LogP contribution is 2.28. The molecule has 1 amide bonds. The molecule has 0 aromatic heterocycles. The van der Waals surface area contributed by atoms with Crippen LogP contribution in [0.15, 0.2) is 18.2 Å². The second-order valence-corrected chi connectivity index (χ2v) is 4.83. The van der Waals surface area contributed by atoms with Gasteiger partial charge >= 0.3 is 0 Å². The number of amides is 1. The van der Waals surface area contributed by atoms with Crippen LogP contribution in [0, 0.1) is 5.92 Å². The molecular formula is C14H20N2O3. The maximum absolute atomic E-state index is 11.9. The van der Waals surface area contributed by atoms with Crippen LogP contribution in [-0.2, 0) is 4.79 Å². The molecule has 1 aliphatic rings. The highest BCUT2D eigenvalue weighted by molar-refractivity contribution is 5.92. The number of hydrogen-bond donors (Lipinski definition) is 3. The number of ether oxygens (including phenoxy) is 1. The molecule has 5 heteroatoms. The maximum atomic E-state index is 11.9. The van der Waals surface area contributed by atoms with Gasteiger partial charge in [-0.25, -0.2) is 0 Å². The summed E-state index contributed by atoms with van der Waals surface area (Å²) in [7, 11) is 1.55. The smallest absolute Gasteiger partial charge is 0.224 e. The maximum Gasteiger partial charge on any atom is 0.224 e. The van der Waals surface area contributed by atoms with Gasteiger partial charge in [0.05, 0.1) is 12.8 Å². The van der Waals surface area contributed by atoms with E-state index in [-0.39, 0.29) is 11.7 Å². The summed E-state index contributed by atoms with van der Waals surface area (Å²) in [5.41, 5.74) is 0.401. The number of methoxy groups -OCH3 is 1. The van der Waals surface area contributed by atoms with Gasteiger partial charge in [-0.3, -0.25) is 4.79 Å². The minimum atomic E-state index is -0.0598. The second kappa shape index (κ2) is 6.43. The molecular weight excluding hydrogens is 244 g/mol. The van der Waals surface area contributed by atoms with Crippen molar-refractivity contribution in [2.24, 2.45) is 5.92 Å². The van der Waals surface area contributed by atoms with Gasteiger partial charge in [0.25, 0.3) is 0 Å². The van der Waals surface area contributed by atoms with Gasteiger partial charge in [0, 0.05) is 12.5 Å². The van der Waals surface area contributed by atoms with Crippen LogP contribution in [0.1, 0.15) is 19.3 Å². The SMILES string of the molecule is COc1ccc(O)c(NC(=O)CC2CCNCC2)c1. The molecule has 3 N–H and O–H groups in total. The number of benzene rings is 1. The number of carbonyl (C=O) groups is 1. The molecule has 1 aliphatic heterocycles. The molecule has 0 radical (unpaired) electrons. The van der Waals surface area contributed by atoms with Crippen molar-refractivity contribution >= 4 is 11.6 Å². The van der Waals surface area contributed by atoms with E-state index in [1.54, 1.807) is 19.2 Å². The van der Waals surface area contributed by atoms with Crippen LogP contribution in [0.25, 0.3) is 0 Å². The lowest BCUT2D eigenvalue weighted by Crippen LogP contribution is -2.30. The lowest BCUT2D eigenvalue weighted by atomic mass is 9.94. The summed E-state index contributed by atoms with van der Waals surface area (Å²) < 4.78 is 5.07. The molecule has 1 heterocycles. The number of aromatic hydroxyl groups is 1. The first kappa shape index (κ1) is 13.7. The topological polar surface area (TPSA) is 70.6 Å². The van der Waals surface area contributed by atoms with Crippen LogP contribution in [0.3, 0.4) is 0 Å². The summed E-state index contributed by atoms with van der Waals surface area (Å²) in [6.07, 6.45) is 2.55. The molecule has 0 atom stereocenters. The number of phenols is 1. The molecule has 0 spiro atoms. The monoisotopic (exact) mass is 264 g/mol. The summed E-state index contributed by atoms with van der Waals surface area (Å²) in [4.78, 5) is 11.9. The van der Waals surface area contributed by atoms with Gasteiger partial charge in [-0.05, 0) is 44.0 Å². The van der Waals surface area contributed by atoms with Crippen LogP contribution in [0.2, 0.25) is 0 Å². The van der Waals surface area contributed by atoms with Crippen molar-refractivity contribution < 1.29 is 14.6 Å². The predicted molar refractivity (Wildman–Crippen MR) is 73.5 cm³/mol. The fourth-order valence-corrected chi connectivity index (χ4v) is 2.29. The zero-order valence-corrected chi connectivity index (χ0v) is 11.1. The van der Waals surface area contributed by atoms with Crippen molar-refractivity contribution in [3.8, 4) is 11.5 Å². The molecule has 2 rings (SSSR count). The molecule has 0 saturated carbocycles. The Morgan fingerprint density at radius 2 is 2.21 bits per heavy atom. The summed E-state index contributed by atoms with van der Waals surface area (Å²) in [6.45, 7) is 1.95. The Bertz CT molecular complexity index is 442. The molecule has 104 valence electrons. The molecule has 0 bridgehead atoms. The van der Waals surface area contributed by atoms with E-state index in [1.165, 1.54) is 6.07 Å². The molecule has 0 aliphatic carbocycles. The molecule has 0 unspecified atom stereocenters. The fraction of sp³-hybridized carbons (Fsp3) is 0.500. The average Bonchev–Trinajstić information content (AvgIpc) is 2.42. The van der Waals surface area contributed by atoms with E-state index in [9.17, 15) is 9.90 Å². The number of nitrogens with one attached hydrogen (secondary N) is 2. The van der Waals surface area contributed by atoms with Crippen molar-refractivity contribution in [1.29, 1.82) is 0 Å². The Labute approximate surface area is 113 Å². The van der Waals surface area contributed by atoms with Crippen molar-refractivity contribution in [2.75, 3.05) is 25.5 Å². The van der Waals surface area contributed by atoms with Crippen molar-refractivity contribution in [2.45, 2.75) is 19.3 Å². The van der Waals surface area contributed by atoms with Crippen LogP contribution < -0.4 is 15.4 Å². The Morgan fingerprint density at radius 3 is 2.89 bits per heavy atom.